The van der Waals surface area contributed by atoms with Crippen molar-refractivity contribution >= 4 is 39.2 Å². The Bertz CT molecular complexity index is 1010. The molecule has 0 saturated heterocycles. The molecule has 0 saturated carbocycles. The van der Waals surface area contributed by atoms with Crippen LogP contribution in [0.2, 0.25) is 0 Å². The fourth-order valence-electron chi connectivity index (χ4n) is 2.58. The van der Waals surface area contributed by atoms with Crippen LogP contribution in [0.25, 0.3) is 0 Å². The Morgan fingerprint density at radius 1 is 0.893 bits per heavy atom. The number of nitrogens with one attached hydrogen (secondary N) is 2. The fraction of sp³-hybridized carbons (Fsp3) is 0.0476. The van der Waals surface area contributed by atoms with Gasteiger partial charge in [0.1, 0.15) is 12.4 Å². The summed E-state index contributed by atoms with van der Waals surface area (Å²) in [6.07, 6.45) is 0. The highest BCUT2D eigenvalue weighted by Crippen LogP contribution is 2.23. The third kappa shape index (κ3) is 5.34. The van der Waals surface area contributed by atoms with Gasteiger partial charge in [-0.05, 0) is 48.0 Å². The summed E-state index contributed by atoms with van der Waals surface area (Å²) in [4.78, 5) is 23.7. The van der Waals surface area contributed by atoms with Gasteiger partial charge in [-0.2, -0.15) is 0 Å². The van der Waals surface area contributed by atoms with Gasteiger partial charge in [0, 0.05) is 15.8 Å². The number of para-hydroxylation sites is 1. The van der Waals surface area contributed by atoms with E-state index in [1.807, 2.05) is 30.3 Å². The Balaban J connectivity index is 1.73. The summed E-state index contributed by atoms with van der Waals surface area (Å²) >= 11 is 3.43. The second-order valence-corrected chi connectivity index (χ2v) is 6.85. The summed E-state index contributed by atoms with van der Waals surface area (Å²) in [6.45, 7) is 0.335. The first-order chi connectivity index (χ1) is 13.5. The Hall–Kier alpha value is -3.32. The lowest BCUT2D eigenvalue weighted by molar-refractivity contribution is 0.102. The van der Waals surface area contributed by atoms with Crippen LogP contribution in [-0.4, -0.2) is 11.9 Å². The minimum Gasteiger partial charge on any atom is -0.488 e. The molecule has 7 heteroatoms. The molecule has 6 nitrogen and oxygen atoms in total. The minimum absolute atomic E-state index is 0.318. The zero-order chi connectivity index (χ0) is 19.9. The molecule has 0 aliphatic carbocycles. The van der Waals surface area contributed by atoms with Gasteiger partial charge >= 0.3 is 6.03 Å². The van der Waals surface area contributed by atoms with Crippen molar-refractivity contribution in [1.29, 1.82) is 0 Å². The lowest BCUT2D eigenvalue weighted by Gasteiger charge is -2.12. The molecule has 0 aliphatic rings. The van der Waals surface area contributed by atoms with Crippen molar-refractivity contribution < 1.29 is 14.3 Å². The van der Waals surface area contributed by atoms with Crippen LogP contribution in [0.3, 0.4) is 0 Å². The predicted octanol–water partition coefficient (Wildman–Crippen LogP) is 4.77. The summed E-state index contributed by atoms with van der Waals surface area (Å²) < 4.78 is 6.82. The average Bonchev–Trinajstić information content (AvgIpc) is 2.66. The van der Waals surface area contributed by atoms with Gasteiger partial charge in [-0.3, -0.25) is 4.79 Å². The summed E-state index contributed by atoms with van der Waals surface area (Å²) in [5, 5.41) is 5.27. The van der Waals surface area contributed by atoms with Crippen LogP contribution in [-0.2, 0) is 6.61 Å². The molecule has 0 aliphatic heterocycles. The van der Waals surface area contributed by atoms with Gasteiger partial charge in [0.05, 0.1) is 5.56 Å². The molecule has 3 aromatic rings. The number of urea groups is 1. The molecule has 0 bridgehead atoms. The molecule has 4 N–H and O–H groups in total. The van der Waals surface area contributed by atoms with Gasteiger partial charge in [-0.1, -0.05) is 46.3 Å². The number of amides is 3. The van der Waals surface area contributed by atoms with Crippen molar-refractivity contribution in [3.05, 3.63) is 88.4 Å². The van der Waals surface area contributed by atoms with Gasteiger partial charge in [-0.25, -0.2) is 4.79 Å². The first-order valence-electron chi connectivity index (χ1n) is 8.45. The summed E-state index contributed by atoms with van der Waals surface area (Å²) in [5.41, 5.74) is 7.53. The molecule has 0 spiro atoms. The van der Waals surface area contributed by atoms with Crippen LogP contribution in [0, 0.1) is 0 Å². The standard InChI is InChI=1S/C21H18BrN3O3/c22-15-6-3-5-14(11-15)13-28-19-10-2-1-9-18(19)20(26)24-16-7-4-8-17(12-16)25-21(23)27/h1-12H,13H2,(H,24,26)(H3,23,25,27). The lowest BCUT2D eigenvalue weighted by Crippen LogP contribution is -2.19. The number of carbonyl (C=O) groups excluding carboxylic acids is 2. The van der Waals surface area contributed by atoms with E-state index in [-0.39, 0.29) is 5.91 Å². The zero-order valence-electron chi connectivity index (χ0n) is 14.8. The maximum absolute atomic E-state index is 12.7. The maximum Gasteiger partial charge on any atom is 0.316 e. The summed E-state index contributed by atoms with van der Waals surface area (Å²) in [7, 11) is 0. The van der Waals surface area contributed by atoms with Crippen molar-refractivity contribution in [1.82, 2.24) is 0 Å². The number of ether oxygens (including phenoxy) is 1. The van der Waals surface area contributed by atoms with Gasteiger partial charge in [0.15, 0.2) is 0 Å². The van der Waals surface area contributed by atoms with Gasteiger partial charge in [0.25, 0.3) is 5.91 Å². The first-order valence-corrected chi connectivity index (χ1v) is 9.25. The van der Waals surface area contributed by atoms with Crippen LogP contribution in [0.4, 0.5) is 16.2 Å². The van der Waals surface area contributed by atoms with Crippen LogP contribution < -0.4 is 21.1 Å². The van der Waals surface area contributed by atoms with Crippen LogP contribution in [0.5, 0.6) is 5.75 Å². The van der Waals surface area contributed by atoms with E-state index >= 15 is 0 Å². The number of rotatable bonds is 6. The van der Waals surface area contributed by atoms with Crippen molar-refractivity contribution in [2.75, 3.05) is 10.6 Å². The van der Waals surface area contributed by atoms with Gasteiger partial charge in [0.2, 0.25) is 0 Å². The fourth-order valence-corrected chi connectivity index (χ4v) is 3.03. The highest BCUT2D eigenvalue weighted by atomic mass is 79.9. The highest BCUT2D eigenvalue weighted by Gasteiger charge is 2.13. The molecule has 0 radical (unpaired) electrons. The number of nitrogens with two attached hydrogens (primary N) is 1. The molecule has 0 fully saturated rings. The van der Waals surface area contributed by atoms with E-state index in [0.29, 0.717) is 29.3 Å². The second kappa shape index (κ2) is 9.05. The van der Waals surface area contributed by atoms with E-state index in [0.717, 1.165) is 10.0 Å². The van der Waals surface area contributed by atoms with Crippen molar-refractivity contribution in [3.8, 4) is 5.75 Å². The van der Waals surface area contributed by atoms with E-state index in [4.69, 9.17) is 10.5 Å². The van der Waals surface area contributed by atoms with Crippen LogP contribution in [0.1, 0.15) is 15.9 Å². The van der Waals surface area contributed by atoms with Gasteiger partial charge in [-0.15, -0.1) is 0 Å². The number of benzene rings is 3. The molecule has 0 atom stereocenters. The van der Waals surface area contributed by atoms with Crippen LogP contribution in [0.15, 0.2) is 77.3 Å². The largest absolute Gasteiger partial charge is 0.488 e. The first kappa shape index (κ1) is 19.4. The zero-order valence-corrected chi connectivity index (χ0v) is 16.4. The molecule has 3 amide bonds. The third-order valence-electron chi connectivity index (χ3n) is 3.80. The Morgan fingerprint density at radius 2 is 1.61 bits per heavy atom. The lowest BCUT2D eigenvalue weighted by atomic mass is 10.1. The van der Waals surface area contributed by atoms with Crippen molar-refractivity contribution in [2.45, 2.75) is 6.61 Å². The van der Waals surface area contributed by atoms with Crippen molar-refractivity contribution in [3.63, 3.8) is 0 Å². The number of primary amides is 1. The normalized spacial score (nSPS) is 10.2. The summed E-state index contributed by atoms with van der Waals surface area (Å²) in [6, 6.07) is 20.8. The molecule has 0 heterocycles. The monoisotopic (exact) mass is 439 g/mol. The quantitative estimate of drug-likeness (QED) is 0.516. The number of halogens is 1. The van der Waals surface area contributed by atoms with E-state index in [9.17, 15) is 9.59 Å². The Kier molecular flexibility index (Phi) is 6.29. The molecule has 28 heavy (non-hydrogen) atoms. The second-order valence-electron chi connectivity index (χ2n) is 5.94. The molecule has 3 rings (SSSR count). The van der Waals surface area contributed by atoms with E-state index in [2.05, 4.69) is 26.6 Å². The average molecular weight is 440 g/mol. The summed E-state index contributed by atoms with van der Waals surface area (Å²) in [5.74, 6) is 0.160. The maximum atomic E-state index is 12.7. The number of hydrogen-bond donors (Lipinski definition) is 3. The molecule has 0 aromatic heterocycles. The Labute approximate surface area is 170 Å². The molecule has 3 aromatic carbocycles. The number of carbonyl (C=O) groups is 2. The Morgan fingerprint density at radius 3 is 2.36 bits per heavy atom. The topological polar surface area (TPSA) is 93.5 Å². The SMILES string of the molecule is NC(=O)Nc1cccc(NC(=O)c2ccccc2OCc2cccc(Br)c2)c1. The number of anilines is 2. The third-order valence-corrected chi connectivity index (χ3v) is 4.30. The van der Waals surface area contributed by atoms with E-state index < -0.39 is 6.03 Å². The van der Waals surface area contributed by atoms with Gasteiger partial charge < -0.3 is 21.1 Å². The molecule has 0 unspecified atom stereocenters. The molecular formula is C21H18BrN3O3. The van der Waals surface area contributed by atoms with E-state index in [1.54, 1.807) is 42.5 Å². The number of hydrogen-bond acceptors (Lipinski definition) is 3. The molecular weight excluding hydrogens is 422 g/mol. The minimum atomic E-state index is -0.672. The highest BCUT2D eigenvalue weighted by molar-refractivity contribution is 9.10. The molecule has 142 valence electrons. The smallest absolute Gasteiger partial charge is 0.316 e. The van der Waals surface area contributed by atoms with Crippen molar-refractivity contribution in [2.24, 2.45) is 5.73 Å². The van der Waals surface area contributed by atoms with E-state index in [1.165, 1.54) is 0 Å². The van der Waals surface area contributed by atoms with Crippen LogP contribution >= 0.6 is 15.9 Å². The predicted molar refractivity (Wildman–Crippen MR) is 113 cm³/mol.